The molecule has 0 saturated heterocycles. The van der Waals surface area contributed by atoms with Crippen LogP contribution in [-0.2, 0) is 132 Å². The maximum Gasteiger partial charge on any atom is 0.343 e. The fraction of sp³-hybridized carbons (Fsp3) is 0.582. The number of esters is 1. The third-order valence-electron chi connectivity index (χ3n) is 20.3. The smallest absolute Gasteiger partial charge is 0.343 e. The van der Waals surface area contributed by atoms with Crippen LogP contribution in [0.5, 0.6) is 0 Å². The predicted octanol–water partition coefficient (Wildman–Crippen LogP) is 0.595. The molecular weight excluding hydrogens is 1490 g/mol. The Hall–Kier alpha value is -9.56. The van der Waals surface area contributed by atoms with Crippen LogP contribution in [0.4, 0.5) is 4.39 Å². The maximum atomic E-state index is 15.7. The lowest BCUT2D eigenvalue weighted by Crippen LogP contribution is -2.52. The number of aromatic nitrogens is 2. The average molecular weight is 1590 g/mol. The Balaban J connectivity index is 0.635. The van der Waals surface area contributed by atoms with Crippen molar-refractivity contribution >= 4 is 75.9 Å². The Labute approximate surface area is 658 Å². The predicted molar refractivity (Wildman–Crippen MR) is 403 cm³/mol. The fourth-order valence-corrected chi connectivity index (χ4v) is 13.9. The SMILES string of the molecule is COCCOCCOCCOCCOCCOCCOCCOCCNC(=O)[C@H](CCC(=O)NCC(=O)NCC(=O)N[C@@H](Cc1ccccc1)C(=O)NCC(=O)NCO[C@@H](C(=O)N[C@H]1CCc2c(C)c(F)cc3nc4c(c1c23)Cn1c-4cc2c(c1=O)COC(=O)[C@]2(O)CC1CC1)C1CC1)NC(=O)CCCCCN1C(=O)C=CC1=O. The molecule has 0 unspecified atom stereocenters. The van der Waals surface area contributed by atoms with E-state index in [9.17, 15) is 62.6 Å². The third kappa shape index (κ3) is 25.2. The number of imide groups is 1. The van der Waals surface area contributed by atoms with Gasteiger partial charge in [0.15, 0.2) is 5.60 Å². The second-order valence-electron chi connectivity index (χ2n) is 28.7. The minimum atomic E-state index is -2.04. The molecule has 5 heterocycles. The number of pyridine rings is 2. The van der Waals surface area contributed by atoms with E-state index in [1.807, 2.05) is 0 Å². The Morgan fingerprint density at radius 1 is 0.632 bits per heavy atom. The zero-order chi connectivity index (χ0) is 80.9. The van der Waals surface area contributed by atoms with Crippen molar-refractivity contribution in [1.82, 2.24) is 57.0 Å². The van der Waals surface area contributed by atoms with Crippen LogP contribution in [0.15, 0.2) is 59.4 Å². The third-order valence-corrected chi connectivity index (χ3v) is 20.3. The van der Waals surface area contributed by atoms with E-state index in [2.05, 4.69) is 42.5 Å². The molecule has 2 saturated carbocycles. The van der Waals surface area contributed by atoms with Crippen molar-refractivity contribution in [2.24, 2.45) is 11.8 Å². The van der Waals surface area contributed by atoms with E-state index in [1.54, 1.807) is 50.4 Å². The molecule has 34 nitrogen and oxygen atoms in total. The number of nitrogens with zero attached hydrogens (tertiary/aromatic N) is 3. The quantitative estimate of drug-likeness (QED) is 0.0111. The summed E-state index contributed by atoms with van der Waals surface area (Å²) in [7, 11) is 1.61. The standard InChI is InChI=1S/C79H104FN11O23/c1-49-53-16-17-58(71-54-46-91-62(72(54)88-60(70(53)71)41-57(49)80)40-56-55(77(91)102)47-113-78(103)79(56,104)42-51-12-13-51)89-76(101)73(52-14-15-52)114-48-85-66(95)44-84-75(100)61(39-50-9-5-3-6-10-50)87-67(96)45-83-65(94)43-82-63(92)19-18-59(86-64(93)11-7-4-8-23-90-68(97)20-21-69(90)98)74(99)81-22-24-106-27-28-108-31-32-110-35-36-112-38-37-111-34-33-109-30-29-107-26-25-105-2/h3,5-6,9-10,20-21,40-41,51-52,58-59,61,73,104H,4,7-8,11-19,22-39,42-48H2,1-2H3,(H,81,99)(H,82,92)(H,83,94)(H,84,100)(H,85,95)(H,86,93)(H,87,96)(H,89,101)/t58-,59-,61-,73+,79-/m0/s1. The number of benzene rings is 2. The van der Waals surface area contributed by atoms with Crippen LogP contribution in [0, 0.1) is 24.6 Å². The molecule has 4 aromatic rings. The van der Waals surface area contributed by atoms with Crippen molar-refractivity contribution in [2.75, 3.05) is 146 Å². The van der Waals surface area contributed by atoms with Crippen LogP contribution in [0.3, 0.4) is 0 Å². The second-order valence-corrected chi connectivity index (χ2v) is 28.7. The second kappa shape index (κ2) is 43.8. The lowest BCUT2D eigenvalue weighted by molar-refractivity contribution is -0.173. The highest BCUT2D eigenvalue weighted by Crippen LogP contribution is 2.48. The number of ether oxygens (including phenoxy) is 10. The van der Waals surface area contributed by atoms with Gasteiger partial charge in [-0.1, -0.05) is 49.6 Å². The number of unbranched alkanes of at least 4 members (excludes halogenated alkanes) is 2. The monoisotopic (exact) mass is 1590 g/mol. The molecule has 10 amide bonds. The van der Waals surface area contributed by atoms with Gasteiger partial charge in [-0.15, -0.1) is 0 Å². The molecule has 2 fully saturated rings. The summed E-state index contributed by atoms with van der Waals surface area (Å²) in [5, 5.41) is 33.7. The zero-order valence-corrected chi connectivity index (χ0v) is 64.5. The molecule has 5 atom stereocenters. The molecule has 2 aromatic carbocycles. The van der Waals surface area contributed by atoms with E-state index in [-0.39, 0.29) is 101 Å². The molecule has 620 valence electrons. The van der Waals surface area contributed by atoms with Crippen LogP contribution in [-0.4, -0.2) is 248 Å². The van der Waals surface area contributed by atoms with Crippen molar-refractivity contribution in [3.63, 3.8) is 0 Å². The van der Waals surface area contributed by atoms with Crippen LogP contribution in [0.2, 0.25) is 0 Å². The molecule has 2 aromatic heterocycles. The van der Waals surface area contributed by atoms with Crippen molar-refractivity contribution in [2.45, 2.75) is 140 Å². The normalized spacial score (nSPS) is 17.3. The number of cyclic esters (lactones) is 1. The van der Waals surface area contributed by atoms with Crippen LogP contribution in [0.25, 0.3) is 22.3 Å². The largest absolute Gasteiger partial charge is 0.458 e. The minimum absolute atomic E-state index is 0.000993. The summed E-state index contributed by atoms with van der Waals surface area (Å²) in [6, 6.07) is 8.56. The molecule has 6 aliphatic rings. The van der Waals surface area contributed by atoms with Crippen LogP contribution in [0.1, 0.15) is 122 Å². The number of carbonyl (C=O) groups is 11. The average Bonchev–Trinajstić information content (AvgIpc) is 1.44. The number of aliphatic hydroxyl groups is 1. The number of aryl methyl sites for hydroxylation is 1. The van der Waals surface area contributed by atoms with Crippen molar-refractivity contribution in [1.29, 1.82) is 0 Å². The van der Waals surface area contributed by atoms with Crippen molar-refractivity contribution in [3.05, 3.63) is 110 Å². The van der Waals surface area contributed by atoms with Crippen molar-refractivity contribution < 1.29 is 110 Å². The summed E-state index contributed by atoms with van der Waals surface area (Å²) in [4.78, 5) is 165. The molecule has 10 rings (SSSR count). The summed E-state index contributed by atoms with van der Waals surface area (Å²) < 4.78 is 72.0. The molecule has 9 N–H and O–H groups in total. The van der Waals surface area contributed by atoms with E-state index in [4.69, 9.17) is 52.4 Å². The van der Waals surface area contributed by atoms with Gasteiger partial charge >= 0.3 is 5.97 Å². The van der Waals surface area contributed by atoms with Crippen LogP contribution >= 0.6 is 0 Å². The molecule has 0 radical (unpaired) electrons. The van der Waals surface area contributed by atoms with Gasteiger partial charge < -0.3 is 99.6 Å². The summed E-state index contributed by atoms with van der Waals surface area (Å²) in [5.74, 6) is -7.44. The highest BCUT2D eigenvalue weighted by Gasteiger charge is 2.50. The summed E-state index contributed by atoms with van der Waals surface area (Å²) >= 11 is 0. The molecule has 3 aliphatic carbocycles. The number of rotatable bonds is 53. The topological polar surface area (TPSA) is 435 Å². The lowest BCUT2D eigenvalue weighted by Gasteiger charge is -2.32. The maximum absolute atomic E-state index is 15.7. The first kappa shape index (κ1) is 86.8. The number of hydrogen-bond donors (Lipinski definition) is 9. The van der Waals surface area contributed by atoms with Gasteiger partial charge in [0.2, 0.25) is 47.3 Å². The highest BCUT2D eigenvalue weighted by molar-refractivity contribution is 6.13. The van der Waals surface area contributed by atoms with E-state index in [0.29, 0.717) is 169 Å². The van der Waals surface area contributed by atoms with Gasteiger partial charge in [-0.25, -0.2) is 14.2 Å². The highest BCUT2D eigenvalue weighted by atomic mass is 19.1. The van der Waals surface area contributed by atoms with Gasteiger partial charge in [0, 0.05) is 74.2 Å². The Morgan fingerprint density at radius 2 is 1.23 bits per heavy atom. The van der Waals surface area contributed by atoms with Crippen LogP contribution < -0.4 is 48.1 Å². The minimum Gasteiger partial charge on any atom is -0.458 e. The van der Waals surface area contributed by atoms with Gasteiger partial charge in [0.1, 0.15) is 37.3 Å². The number of methoxy groups -OCH3 is 1. The van der Waals surface area contributed by atoms with Gasteiger partial charge in [0.05, 0.1) is 154 Å². The number of amides is 10. The molecule has 0 spiro atoms. The van der Waals surface area contributed by atoms with E-state index in [0.717, 1.165) is 23.3 Å². The first-order chi connectivity index (χ1) is 55.2. The number of carbonyl (C=O) groups excluding carboxylic acids is 11. The first-order valence-corrected chi connectivity index (χ1v) is 39.0. The Morgan fingerprint density at radius 3 is 1.87 bits per heavy atom. The number of nitrogens with one attached hydrogen (secondary N) is 8. The summed E-state index contributed by atoms with van der Waals surface area (Å²) in [6.07, 6.45) is 5.99. The van der Waals surface area contributed by atoms with E-state index >= 15 is 4.39 Å². The van der Waals surface area contributed by atoms with Gasteiger partial charge in [0.25, 0.3) is 17.4 Å². The molecule has 35 heteroatoms. The van der Waals surface area contributed by atoms with Gasteiger partial charge in [-0.3, -0.25) is 57.6 Å². The first-order valence-electron chi connectivity index (χ1n) is 39.0. The van der Waals surface area contributed by atoms with Crippen molar-refractivity contribution in [3.8, 4) is 11.4 Å². The zero-order valence-electron chi connectivity index (χ0n) is 64.5. The van der Waals surface area contributed by atoms with Gasteiger partial charge in [-0.05, 0) is 98.4 Å². The Kier molecular flexibility index (Phi) is 33.4. The molecular formula is C79H104FN11O23. The summed E-state index contributed by atoms with van der Waals surface area (Å²) in [5.41, 5.74) is 1.96. The fourth-order valence-electron chi connectivity index (χ4n) is 13.9. The summed E-state index contributed by atoms with van der Waals surface area (Å²) in [6.45, 7) is 5.16. The Bertz CT molecular complexity index is 4140. The molecule has 114 heavy (non-hydrogen) atoms. The lowest BCUT2D eigenvalue weighted by atomic mass is 9.81. The molecule has 0 bridgehead atoms. The number of fused-ring (bicyclic) bond motifs is 5. The van der Waals surface area contributed by atoms with E-state index < -0.39 is 133 Å². The number of hydrogen-bond acceptors (Lipinski definition) is 24. The van der Waals surface area contributed by atoms with Gasteiger partial charge in [-0.2, -0.15) is 0 Å². The number of halogens is 1. The van der Waals surface area contributed by atoms with E-state index in [1.165, 1.54) is 22.8 Å². The molecule has 3 aliphatic heterocycles.